The molecule has 0 spiro atoms. The number of nitrogens with zero attached hydrogens (tertiary/aromatic N) is 4. The molecule has 0 unspecified atom stereocenters. The van der Waals surface area contributed by atoms with Crippen LogP contribution in [0.3, 0.4) is 0 Å². The van der Waals surface area contributed by atoms with E-state index in [-0.39, 0.29) is 36.6 Å². The SMILES string of the molecule is C=CC(=O)N1CCN(CC(F)(F)F)[C@@H](c2cc(Cl)nc(-c3cc(C(=O)NC)cc(C)n3)c2)C1. The number of hydrogen-bond acceptors (Lipinski definition) is 5. The third-order valence-corrected chi connectivity index (χ3v) is 5.46. The molecule has 7 nitrogen and oxygen atoms in total. The zero-order valence-electron chi connectivity index (χ0n) is 18.1. The molecule has 0 aromatic carbocycles. The van der Waals surface area contributed by atoms with Crippen molar-refractivity contribution in [3.63, 3.8) is 0 Å². The van der Waals surface area contributed by atoms with Crippen molar-refractivity contribution in [2.45, 2.75) is 19.1 Å². The highest BCUT2D eigenvalue weighted by molar-refractivity contribution is 6.29. The van der Waals surface area contributed by atoms with Crippen molar-refractivity contribution in [3.8, 4) is 11.4 Å². The van der Waals surface area contributed by atoms with Gasteiger partial charge in [-0.15, -0.1) is 0 Å². The summed E-state index contributed by atoms with van der Waals surface area (Å²) in [6.45, 7) is 4.26. The minimum Gasteiger partial charge on any atom is -0.355 e. The summed E-state index contributed by atoms with van der Waals surface area (Å²) in [6.07, 6.45) is -3.28. The number of piperazine rings is 1. The molecule has 0 aliphatic carbocycles. The molecule has 1 fully saturated rings. The lowest BCUT2D eigenvalue weighted by Gasteiger charge is -2.41. The number of pyridine rings is 2. The fraction of sp³-hybridized carbons (Fsp3) is 0.364. The number of carbonyl (C=O) groups is 2. The van der Waals surface area contributed by atoms with E-state index in [1.165, 1.54) is 29.0 Å². The van der Waals surface area contributed by atoms with E-state index in [4.69, 9.17) is 11.6 Å². The Balaban J connectivity index is 2.05. The van der Waals surface area contributed by atoms with Gasteiger partial charge in [0.2, 0.25) is 5.91 Å². The maximum atomic E-state index is 13.2. The Kier molecular flexibility index (Phi) is 7.38. The molecule has 1 aliphatic heterocycles. The second-order valence-electron chi connectivity index (χ2n) is 7.66. The molecule has 0 saturated carbocycles. The molecule has 1 saturated heterocycles. The number of nitrogens with one attached hydrogen (secondary N) is 1. The molecule has 3 rings (SSSR count). The van der Waals surface area contributed by atoms with Gasteiger partial charge in [-0.05, 0) is 42.8 Å². The summed E-state index contributed by atoms with van der Waals surface area (Å²) < 4.78 is 39.7. The van der Waals surface area contributed by atoms with Crippen LogP contribution in [0.15, 0.2) is 36.9 Å². The van der Waals surface area contributed by atoms with Crippen LogP contribution in [0, 0.1) is 6.92 Å². The van der Waals surface area contributed by atoms with E-state index >= 15 is 0 Å². The van der Waals surface area contributed by atoms with Gasteiger partial charge in [-0.25, -0.2) is 4.98 Å². The number of halogens is 4. The Morgan fingerprint density at radius 2 is 1.91 bits per heavy atom. The highest BCUT2D eigenvalue weighted by atomic mass is 35.5. The Hall–Kier alpha value is -2.98. The number of amides is 2. The number of aromatic nitrogens is 2. The van der Waals surface area contributed by atoms with Crippen LogP contribution in [0.1, 0.15) is 27.7 Å². The molecule has 1 atom stereocenters. The van der Waals surface area contributed by atoms with Gasteiger partial charge in [0.05, 0.1) is 24.0 Å². The number of rotatable bonds is 5. The Bertz CT molecular complexity index is 1080. The van der Waals surface area contributed by atoms with Gasteiger partial charge < -0.3 is 10.2 Å². The van der Waals surface area contributed by atoms with Crippen LogP contribution < -0.4 is 5.32 Å². The minimum atomic E-state index is -4.41. The van der Waals surface area contributed by atoms with Crippen molar-refractivity contribution < 1.29 is 22.8 Å². The maximum Gasteiger partial charge on any atom is 0.401 e. The van der Waals surface area contributed by atoms with E-state index in [1.54, 1.807) is 19.1 Å². The van der Waals surface area contributed by atoms with Gasteiger partial charge in [-0.1, -0.05) is 18.2 Å². The maximum absolute atomic E-state index is 13.2. The van der Waals surface area contributed by atoms with Crippen molar-refractivity contribution in [3.05, 3.63) is 58.9 Å². The quantitative estimate of drug-likeness (QED) is 0.523. The van der Waals surface area contributed by atoms with Crippen molar-refractivity contribution in [2.75, 3.05) is 33.2 Å². The minimum absolute atomic E-state index is 0.0303. The summed E-state index contributed by atoms with van der Waals surface area (Å²) in [5.74, 6) is -0.672. The van der Waals surface area contributed by atoms with Crippen LogP contribution in [0.2, 0.25) is 5.15 Å². The predicted molar refractivity (Wildman–Crippen MR) is 118 cm³/mol. The van der Waals surface area contributed by atoms with Crippen molar-refractivity contribution in [2.24, 2.45) is 0 Å². The average molecular weight is 482 g/mol. The molecule has 176 valence electrons. The topological polar surface area (TPSA) is 78.4 Å². The first-order valence-electron chi connectivity index (χ1n) is 10.1. The third kappa shape index (κ3) is 6.08. The van der Waals surface area contributed by atoms with E-state index in [1.807, 2.05) is 0 Å². The fourth-order valence-electron chi connectivity index (χ4n) is 3.80. The Labute approximate surface area is 194 Å². The normalized spacial score (nSPS) is 17.0. The summed E-state index contributed by atoms with van der Waals surface area (Å²) in [5.41, 5.74) is 2.05. The Morgan fingerprint density at radius 3 is 2.55 bits per heavy atom. The first kappa shape index (κ1) is 24.7. The van der Waals surface area contributed by atoms with E-state index in [9.17, 15) is 22.8 Å². The van der Waals surface area contributed by atoms with Gasteiger partial charge in [0.1, 0.15) is 5.15 Å². The summed E-state index contributed by atoms with van der Waals surface area (Å²) in [4.78, 5) is 35.6. The van der Waals surface area contributed by atoms with Crippen molar-refractivity contribution >= 4 is 23.4 Å². The van der Waals surface area contributed by atoms with Crippen LogP contribution in [-0.4, -0.2) is 71.0 Å². The Morgan fingerprint density at radius 1 is 1.21 bits per heavy atom. The summed E-state index contributed by atoms with van der Waals surface area (Å²) >= 11 is 6.24. The zero-order chi connectivity index (χ0) is 24.3. The molecule has 1 aliphatic rings. The number of carbonyl (C=O) groups excluding carboxylic acids is 2. The summed E-state index contributed by atoms with van der Waals surface area (Å²) in [6, 6.07) is 5.45. The smallest absolute Gasteiger partial charge is 0.355 e. The van der Waals surface area contributed by atoms with Crippen LogP contribution in [0.25, 0.3) is 11.4 Å². The monoisotopic (exact) mass is 481 g/mol. The zero-order valence-corrected chi connectivity index (χ0v) is 18.9. The van der Waals surface area contributed by atoms with Crippen LogP contribution in [0.4, 0.5) is 13.2 Å². The molecule has 3 heterocycles. The first-order chi connectivity index (χ1) is 15.5. The largest absolute Gasteiger partial charge is 0.401 e. The van der Waals surface area contributed by atoms with Crippen LogP contribution in [0.5, 0.6) is 0 Å². The average Bonchev–Trinajstić information content (AvgIpc) is 2.76. The van der Waals surface area contributed by atoms with Gasteiger partial charge in [-0.3, -0.25) is 19.5 Å². The molecule has 0 radical (unpaired) electrons. The molecular weight excluding hydrogens is 459 g/mol. The van der Waals surface area contributed by atoms with E-state index in [2.05, 4.69) is 21.9 Å². The molecule has 2 aromatic rings. The van der Waals surface area contributed by atoms with Gasteiger partial charge in [0, 0.05) is 37.9 Å². The lowest BCUT2D eigenvalue weighted by atomic mass is 10.0. The van der Waals surface area contributed by atoms with Crippen LogP contribution in [-0.2, 0) is 4.79 Å². The lowest BCUT2D eigenvalue weighted by Crippen LogP contribution is -2.52. The highest BCUT2D eigenvalue weighted by Crippen LogP contribution is 2.32. The predicted octanol–water partition coefficient (Wildman–Crippen LogP) is 3.40. The molecule has 11 heteroatoms. The van der Waals surface area contributed by atoms with E-state index in [0.717, 1.165) is 6.08 Å². The standard InChI is InChI=1S/C22H23ClF3N5O2/c1-4-20(32)30-5-6-31(12-22(24,25)26)18(11-30)14-8-17(29-19(23)10-14)16-9-15(21(33)27-3)7-13(2)28-16/h4,7-10,18H,1,5-6,11-12H2,2-3H3,(H,27,33)/t18-/m1/s1. The van der Waals surface area contributed by atoms with Gasteiger partial charge >= 0.3 is 6.18 Å². The first-order valence-corrected chi connectivity index (χ1v) is 10.5. The van der Waals surface area contributed by atoms with Gasteiger partial charge in [-0.2, -0.15) is 13.2 Å². The van der Waals surface area contributed by atoms with Gasteiger partial charge in [0.25, 0.3) is 5.91 Å². The number of aryl methyl sites for hydroxylation is 1. The van der Waals surface area contributed by atoms with Crippen molar-refractivity contribution in [1.29, 1.82) is 0 Å². The fourth-order valence-corrected chi connectivity index (χ4v) is 4.02. The molecule has 2 aromatic heterocycles. The third-order valence-electron chi connectivity index (χ3n) is 5.27. The van der Waals surface area contributed by atoms with Crippen LogP contribution >= 0.6 is 11.6 Å². The molecule has 0 bridgehead atoms. The second-order valence-corrected chi connectivity index (χ2v) is 8.05. The summed E-state index contributed by atoms with van der Waals surface area (Å²) in [5, 5.41) is 2.60. The number of hydrogen-bond donors (Lipinski definition) is 1. The molecular formula is C22H23ClF3N5O2. The van der Waals surface area contributed by atoms with Gasteiger partial charge in [0.15, 0.2) is 0 Å². The highest BCUT2D eigenvalue weighted by Gasteiger charge is 2.38. The molecule has 1 N–H and O–H groups in total. The lowest BCUT2D eigenvalue weighted by molar-refractivity contribution is -0.158. The second kappa shape index (κ2) is 9.88. The summed E-state index contributed by atoms with van der Waals surface area (Å²) in [7, 11) is 1.50. The number of alkyl halides is 3. The molecule has 2 amide bonds. The molecule has 33 heavy (non-hydrogen) atoms. The van der Waals surface area contributed by atoms with E-state index in [0.29, 0.717) is 28.2 Å². The van der Waals surface area contributed by atoms with Crippen molar-refractivity contribution in [1.82, 2.24) is 25.1 Å². The van der Waals surface area contributed by atoms with E-state index < -0.39 is 18.8 Å².